The summed E-state index contributed by atoms with van der Waals surface area (Å²) in [6.45, 7) is 1.88. The molecule has 3 unspecified atom stereocenters. The lowest BCUT2D eigenvalue weighted by molar-refractivity contribution is -0.171. The van der Waals surface area contributed by atoms with Crippen molar-refractivity contribution in [2.24, 2.45) is 16.3 Å². The monoisotopic (exact) mass is 447 g/mol. The smallest absolute Gasteiger partial charge is 0.191 e. The number of halogens is 1. The molecule has 1 aromatic heterocycles. The van der Waals surface area contributed by atoms with E-state index in [-0.39, 0.29) is 24.0 Å². The number of thiophene rings is 1. The number of hydrogen-bond donors (Lipinski definition) is 2. The van der Waals surface area contributed by atoms with Crippen LogP contribution in [0.3, 0.4) is 0 Å². The first-order valence-corrected chi connectivity index (χ1v) is 9.33. The minimum Gasteiger partial charge on any atom is -0.377 e. The van der Waals surface area contributed by atoms with E-state index in [0.717, 1.165) is 25.5 Å². The molecule has 2 heterocycles. The first kappa shape index (κ1) is 17.5. The van der Waals surface area contributed by atoms with Crippen molar-refractivity contribution in [3.8, 4) is 0 Å². The van der Waals surface area contributed by atoms with Crippen LogP contribution in [0, 0.1) is 11.3 Å². The van der Waals surface area contributed by atoms with Crippen LogP contribution < -0.4 is 10.6 Å². The number of aliphatic imine (C=N–C) groups is 1. The lowest BCUT2D eigenvalue weighted by atomic mass is 9.46. The second-order valence-corrected chi connectivity index (χ2v) is 7.81. The molecule has 128 valence electrons. The Morgan fingerprint density at radius 1 is 1.48 bits per heavy atom. The topological polar surface area (TPSA) is 45.7 Å². The first-order chi connectivity index (χ1) is 10.8. The molecule has 1 aliphatic heterocycles. The third kappa shape index (κ3) is 3.02. The molecule has 2 saturated carbocycles. The zero-order valence-corrected chi connectivity index (χ0v) is 16.7. The number of nitrogens with zero attached hydrogens (tertiary/aromatic N) is 1. The largest absolute Gasteiger partial charge is 0.377 e. The lowest BCUT2D eigenvalue weighted by Crippen LogP contribution is -2.72. The van der Waals surface area contributed by atoms with Crippen LogP contribution in [0.25, 0.3) is 0 Å². The van der Waals surface area contributed by atoms with Gasteiger partial charge < -0.3 is 15.4 Å². The lowest BCUT2D eigenvalue weighted by Gasteiger charge is -2.63. The summed E-state index contributed by atoms with van der Waals surface area (Å²) in [5, 5.41) is 9.32. The number of fused-ring (bicyclic) bond motifs is 2. The summed E-state index contributed by atoms with van der Waals surface area (Å²) in [5.41, 5.74) is 0.409. The highest BCUT2D eigenvalue weighted by atomic mass is 127. The Bertz CT molecular complexity index is 544. The van der Waals surface area contributed by atoms with Crippen LogP contribution in [0.5, 0.6) is 0 Å². The summed E-state index contributed by atoms with van der Waals surface area (Å²) in [7, 11) is 1.87. The van der Waals surface area contributed by atoms with Gasteiger partial charge in [0.25, 0.3) is 0 Å². The number of ether oxygens (including phenoxy) is 1. The first-order valence-electron chi connectivity index (χ1n) is 8.45. The van der Waals surface area contributed by atoms with Crippen molar-refractivity contribution < 1.29 is 4.74 Å². The molecular formula is C17H26IN3OS. The van der Waals surface area contributed by atoms with E-state index in [1.54, 1.807) is 0 Å². The standard InChI is InChI=1S/C17H25N3OS.HI/c1-18-16(19-9-5-12-4-2-11-22-12)20-14-13-6-10-21-15(13)17(14)7-3-8-17;/h2,4,11,13-15H,3,5-10H2,1H3,(H2,18,19,20);1H. The Morgan fingerprint density at radius 2 is 2.35 bits per heavy atom. The Morgan fingerprint density at radius 3 is 3.00 bits per heavy atom. The summed E-state index contributed by atoms with van der Waals surface area (Å²) >= 11 is 1.82. The summed E-state index contributed by atoms with van der Waals surface area (Å²) < 4.78 is 5.99. The van der Waals surface area contributed by atoms with Crippen LogP contribution in [-0.2, 0) is 11.2 Å². The average Bonchev–Trinajstić information content (AvgIpc) is 3.11. The normalized spacial score (nSPS) is 30.8. The highest BCUT2D eigenvalue weighted by Gasteiger charge is 2.66. The van der Waals surface area contributed by atoms with Gasteiger partial charge in [0.05, 0.1) is 6.10 Å². The van der Waals surface area contributed by atoms with Crippen molar-refractivity contribution in [1.82, 2.24) is 10.6 Å². The van der Waals surface area contributed by atoms with Gasteiger partial charge in [0, 0.05) is 42.5 Å². The van der Waals surface area contributed by atoms with E-state index in [0.29, 0.717) is 23.5 Å². The third-order valence-corrected chi connectivity index (χ3v) is 6.73. The van der Waals surface area contributed by atoms with Gasteiger partial charge >= 0.3 is 0 Å². The van der Waals surface area contributed by atoms with Crippen molar-refractivity contribution in [3.63, 3.8) is 0 Å². The van der Waals surface area contributed by atoms with Crippen LogP contribution in [0.4, 0.5) is 0 Å². The number of rotatable bonds is 4. The molecule has 3 aliphatic rings. The number of nitrogens with one attached hydrogen (secondary N) is 2. The van der Waals surface area contributed by atoms with Crippen molar-refractivity contribution >= 4 is 41.3 Å². The van der Waals surface area contributed by atoms with Gasteiger partial charge in [-0.1, -0.05) is 12.5 Å². The van der Waals surface area contributed by atoms with Crippen molar-refractivity contribution in [2.45, 2.75) is 44.2 Å². The van der Waals surface area contributed by atoms with Crippen LogP contribution >= 0.6 is 35.3 Å². The van der Waals surface area contributed by atoms with E-state index in [1.165, 1.54) is 30.6 Å². The molecule has 0 aromatic carbocycles. The maximum atomic E-state index is 5.99. The highest BCUT2D eigenvalue weighted by molar-refractivity contribution is 14.0. The van der Waals surface area contributed by atoms with Crippen molar-refractivity contribution in [2.75, 3.05) is 20.2 Å². The van der Waals surface area contributed by atoms with E-state index in [2.05, 4.69) is 33.1 Å². The molecule has 23 heavy (non-hydrogen) atoms. The Labute approximate surface area is 159 Å². The van der Waals surface area contributed by atoms with Gasteiger partial charge in [-0.15, -0.1) is 35.3 Å². The van der Waals surface area contributed by atoms with Crippen LogP contribution in [0.1, 0.15) is 30.6 Å². The fraction of sp³-hybridized carbons (Fsp3) is 0.706. The zero-order valence-electron chi connectivity index (χ0n) is 13.6. The van der Waals surface area contributed by atoms with Gasteiger partial charge in [0.2, 0.25) is 0 Å². The molecular weight excluding hydrogens is 421 g/mol. The van der Waals surface area contributed by atoms with Crippen molar-refractivity contribution in [1.29, 1.82) is 0 Å². The van der Waals surface area contributed by atoms with Gasteiger partial charge in [-0.2, -0.15) is 0 Å². The Kier molecular flexibility index (Phi) is 5.53. The maximum absolute atomic E-state index is 5.99. The molecule has 2 N–H and O–H groups in total. The second kappa shape index (κ2) is 7.27. The fourth-order valence-electron chi connectivity index (χ4n) is 4.56. The Balaban J connectivity index is 0.00000156. The summed E-state index contributed by atoms with van der Waals surface area (Å²) in [6, 6.07) is 4.86. The second-order valence-electron chi connectivity index (χ2n) is 6.78. The average molecular weight is 447 g/mol. The van der Waals surface area contributed by atoms with Crippen LogP contribution in [-0.4, -0.2) is 38.3 Å². The molecule has 0 amide bonds. The van der Waals surface area contributed by atoms with Gasteiger partial charge in [-0.05, 0) is 37.1 Å². The molecule has 4 nitrogen and oxygen atoms in total. The molecule has 1 aromatic rings. The predicted octanol–water partition coefficient (Wildman–Crippen LogP) is 3.03. The van der Waals surface area contributed by atoms with E-state index >= 15 is 0 Å². The molecule has 2 aliphatic carbocycles. The van der Waals surface area contributed by atoms with Gasteiger partial charge in [-0.3, -0.25) is 4.99 Å². The molecule has 3 fully saturated rings. The molecule has 0 radical (unpaired) electrons. The zero-order chi connectivity index (χ0) is 15.0. The maximum Gasteiger partial charge on any atom is 0.191 e. The van der Waals surface area contributed by atoms with Crippen LogP contribution in [0.2, 0.25) is 0 Å². The molecule has 1 spiro atoms. The minimum atomic E-state index is 0. The Hall–Kier alpha value is -0.340. The van der Waals surface area contributed by atoms with E-state index in [1.807, 2.05) is 18.4 Å². The predicted molar refractivity (Wildman–Crippen MR) is 106 cm³/mol. The molecule has 0 bridgehead atoms. The van der Waals surface area contributed by atoms with Gasteiger partial charge in [-0.25, -0.2) is 0 Å². The molecule has 6 heteroatoms. The van der Waals surface area contributed by atoms with Gasteiger partial charge in [0.1, 0.15) is 0 Å². The quantitative estimate of drug-likeness (QED) is 0.424. The number of guanidine groups is 1. The van der Waals surface area contributed by atoms with E-state index in [9.17, 15) is 0 Å². The summed E-state index contributed by atoms with van der Waals surface area (Å²) in [5.74, 6) is 1.65. The van der Waals surface area contributed by atoms with Crippen molar-refractivity contribution in [3.05, 3.63) is 22.4 Å². The van der Waals surface area contributed by atoms with E-state index in [4.69, 9.17) is 4.74 Å². The molecule has 1 saturated heterocycles. The van der Waals surface area contributed by atoms with Gasteiger partial charge in [0.15, 0.2) is 5.96 Å². The highest BCUT2D eigenvalue weighted by Crippen LogP contribution is 2.62. The van der Waals surface area contributed by atoms with E-state index < -0.39 is 0 Å². The molecule has 3 atom stereocenters. The fourth-order valence-corrected chi connectivity index (χ4v) is 5.27. The summed E-state index contributed by atoms with van der Waals surface area (Å²) in [6.07, 6.45) is 6.77. The number of hydrogen-bond acceptors (Lipinski definition) is 3. The van der Waals surface area contributed by atoms with Crippen LogP contribution in [0.15, 0.2) is 22.5 Å². The SMILES string of the molecule is CN=C(NCCc1cccs1)NC1C2CCOC2C12CCC2.I. The third-order valence-electron chi connectivity index (χ3n) is 5.80. The molecule has 4 rings (SSSR count). The minimum absolute atomic E-state index is 0. The summed E-state index contributed by atoms with van der Waals surface area (Å²) in [4.78, 5) is 5.85.